The maximum atomic E-state index is 13.1. The summed E-state index contributed by atoms with van der Waals surface area (Å²) in [6.07, 6.45) is 2.89. The fourth-order valence-corrected chi connectivity index (χ4v) is 1.95. The summed E-state index contributed by atoms with van der Waals surface area (Å²) in [4.78, 5) is 0. The van der Waals surface area contributed by atoms with Gasteiger partial charge < -0.3 is 10.4 Å². The van der Waals surface area contributed by atoms with Crippen molar-refractivity contribution < 1.29 is 9.50 Å². The van der Waals surface area contributed by atoms with Crippen LogP contribution < -0.4 is 5.32 Å². The number of aliphatic hydroxyl groups is 1. The molecule has 0 heterocycles. The van der Waals surface area contributed by atoms with Crippen LogP contribution >= 0.6 is 0 Å². The highest BCUT2D eigenvalue weighted by Gasteiger charge is 2.27. The summed E-state index contributed by atoms with van der Waals surface area (Å²) in [5.41, 5.74) is 1.09. The highest BCUT2D eigenvalue weighted by atomic mass is 19.1. The second-order valence-corrected chi connectivity index (χ2v) is 5.40. The fraction of sp³-hybridized carbons (Fsp3) is 0.571. The van der Waals surface area contributed by atoms with Crippen molar-refractivity contribution >= 4 is 0 Å². The average Bonchev–Trinajstić information content (AvgIpc) is 3.04. The molecule has 0 saturated heterocycles. The molecule has 0 aliphatic heterocycles. The Bertz CT molecular complexity index is 399. The Balaban J connectivity index is 1.99. The summed E-state index contributed by atoms with van der Waals surface area (Å²) in [5.74, 6) is -0.239. The highest BCUT2D eigenvalue weighted by Crippen LogP contribution is 2.21. The van der Waals surface area contributed by atoms with Crippen LogP contribution in [0.4, 0.5) is 4.39 Å². The van der Waals surface area contributed by atoms with Crippen LogP contribution in [0, 0.1) is 12.7 Å². The van der Waals surface area contributed by atoms with Gasteiger partial charge in [-0.15, -0.1) is 0 Å². The van der Waals surface area contributed by atoms with Gasteiger partial charge in [0.15, 0.2) is 0 Å². The Morgan fingerprint density at radius 1 is 1.47 bits per heavy atom. The molecule has 0 amide bonds. The van der Waals surface area contributed by atoms with Crippen molar-refractivity contribution in [2.24, 2.45) is 0 Å². The number of aryl methyl sites for hydroxylation is 1. The topological polar surface area (TPSA) is 32.3 Å². The van der Waals surface area contributed by atoms with E-state index in [0.29, 0.717) is 19.0 Å². The first kappa shape index (κ1) is 12.5. The molecular formula is C14H20FNO. The Morgan fingerprint density at radius 3 is 2.82 bits per heavy atom. The SMILES string of the molecule is Cc1ccc(F)cc1CC(C)(O)CNC1CC1. The van der Waals surface area contributed by atoms with Gasteiger partial charge in [0.2, 0.25) is 0 Å². The van der Waals surface area contributed by atoms with Crippen molar-refractivity contribution in [1.82, 2.24) is 5.32 Å². The van der Waals surface area contributed by atoms with E-state index >= 15 is 0 Å². The third-order valence-electron chi connectivity index (χ3n) is 3.23. The first-order valence-electron chi connectivity index (χ1n) is 6.17. The number of nitrogens with one attached hydrogen (secondary N) is 1. The van der Waals surface area contributed by atoms with Crippen LogP contribution in [0.15, 0.2) is 18.2 Å². The second kappa shape index (κ2) is 4.75. The molecule has 1 aliphatic carbocycles. The third kappa shape index (κ3) is 3.79. The average molecular weight is 237 g/mol. The summed E-state index contributed by atoms with van der Waals surface area (Å²) in [6, 6.07) is 5.31. The van der Waals surface area contributed by atoms with Gasteiger partial charge in [0.1, 0.15) is 5.82 Å². The van der Waals surface area contributed by atoms with E-state index in [4.69, 9.17) is 0 Å². The minimum absolute atomic E-state index is 0.239. The Labute approximate surface area is 102 Å². The summed E-state index contributed by atoms with van der Waals surface area (Å²) in [6.45, 7) is 4.31. The van der Waals surface area contributed by atoms with Gasteiger partial charge in [-0.2, -0.15) is 0 Å². The maximum absolute atomic E-state index is 13.1. The third-order valence-corrected chi connectivity index (χ3v) is 3.23. The molecule has 1 aromatic carbocycles. The molecule has 2 nitrogen and oxygen atoms in total. The predicted octanol–water partition coefficient (Wildman–Crippen LogP) is 2.18. The molecule has 1 aromatic rings. The van der Waals surface area contributed by atoms with Crippen molar-refractivity contribution in [3.63, 3.8) is 0 Å². The zero-order chi connectivity index (χ0) is 12.5. The highest BCUT2D eigenvalue weighted by molar-refractivity contribution is 5.28. The molecule has 0 spiro atoms. The summed E-state index contributed by atoms with van der Waals surface area (Å²) in [5, 5.41) is 13.6. The number of hydrogen-bond acceptors (Lipinski definition) is 2. The molecule has 1 saturated carbocycles. The lowest BCUT2D eigenvalue weighted by molar-refractivity contribution is 0.0595. The lowest BCUT2D eigenvalue weighted by Gasteiger charge is -2.24. The fourth-order valence-electron chi connectivity index (χ4n) is 1.95. The van der Waals surface area contributed by atoms with Crippen molar-refractivity contribution in [2.45, 2.75) is 44.8 Å². The minimum Gasteiger partial charge on any atom is -0.389 e. The van der Waals surface area contributed by atoms with Gasteiger partial charge in [0.25, 0.3) is 0 Å². The van der Waals surface area contributed by atoms with E-state index in [9.17, 15) is 9.50 Å². The lowest BCUT2D eigenvalue weighted by atomic mass is 9.93. The first-order chi connectivity index (χ1) is 7.96. The van der Waals surface area contributed by atoms with Crippen LogP contribution in [0.3, 0.4) is 0 Å². The van der Waals surface area contributed by atoms with Crippen molar-refractivity contribution in [3.05, 3.63) is 35.1 Å². The van der Waals surface area contributed by atoms with Gasteiger partial charge in [-0.05, 0) is 49.9 Å². The normalized spacial score (nSPS) is 19.1. The molecule has 1 atom stereocenters. The van der Waals surface area contributed by atoms with Gasteiger partial charge in [-0.3, -0.25) is 0 Å². The maximum Gasteiger partial charge on any atom is 0.123 e. The quantitative estimate of drug-likeness (QED) is 0.822. The van der Waals surface area contributed by atoms with E-state index in [2.05, 4.69) is 5.32 Å². The smallest absolute Gasteiger partial charge is 0.123 e. The van der Waals surface area contributed by atoms with E-state index < -0.39 is 5.60 Å². The molecule has 0 bridgehead atoms. The second-order valence-electron chi connectivity index (χ2n) is 5.40. The van der Waals surface area contributed by atoms with Crippen LogP contribution in [0.25, 0.3) is 0 Å². The Morgan fingerprint density at radius 2 is 2.18 bits per heavy atom. The van der Waals surface area contributed by atoms with Gasteiger partial charge in [0, 0.05) is 19.0 Å². The minimum atomic E-state index is -0.818. The molecule has 17 heavy (non-hydrogen) atoms. The number of rotatable bonds is 5. The van der Waals surface area contributed by atoms with Gasteiger partial charge in [0.05, 0.1) is 5.60 Å². The molecule has 1 aliphatic rings. The molecule has 94 valence electrons. The lowest BCUT2D eigenvalue weighted by Crippen LogP contribution is -2.40. The Hall–Kier alpha value is -0.930. The summed E-state index contributed by atoms with van der Waals surface area (Å²) >= 11 is 0. The summed E-state index contributed by atoms with van der Waals surface area (Å²) in [7, 11) is 0. The standard InChI is InChI=1S/C14H20FNO/c1-10-3-4-12(15)7-11(10)8-14(2,17)9-16-13-5-6-13/h3-4,7,13,16-17H,5-6,8-9H2,1-2H3. The van der Waals surface area contributed by atoms with Crippen molar-refractivity contribution in [3.8, 4) is 0 Å². The summed E-state index contributed by atoms with van der Waals surface area (Å²) < 4.78 is 13.1. The van der Waals surface area contributed by atoms with E-state index in [1.54, 1.807) is 13.0 Å². The largest absolute Gasteiger partial charge is 0.389 e. The van der Waals surface area contributed by atoms with Crippen LogP contribution in [0.5, 0.6) is 0 Å². The van der Waals surface area contributed by atoms with Crippen LogP contribution in [-0.4, -0.2) is 23.3 Å². The molecule has 3 heteroatoms. The van der Waals surface area contributed by atoms with Crippen LogP contribution in [-0.2, 0) is 6.42 Å². The van der Waals surface area contributed by atoms with E-state index in [1.165, 1.54) is 25.0 Å². The zero-order valence-electron chi connectivity index (χ0n) is 10.5. The van der Waals surface area contributed by atoms with Crippen molar-refractivity contribution in [2.75, 3.05) is 6.54 Å². The van der Waals surface area contributed by atoms with Crippen molar-refractivity contribution in [1.29, 1.82) is 0 Å². The number of hydrogen-bond donors (Lipinski definition) is 2. The van der Waals surface area contributed by atoms with Gasteiger partial charge in [-0.1, -0.05) is 6.07 Å². The predicted molar refractivity (Wildman–Crippen MR) is 66.5 cm³/mol. The monoisotopic (exact) mass is 237 g/mol. The van der Waals surface area contributed by atoms with Crippen LogP contribution in [0.2, 0.25) is 0 Å². The molecule has 2 rings (SSSR count). The molecule has 1 unspecified atom stereocenters. The van der Waals surface area contributed by atoms with Crippen LogP contribution in [0.1, 0.15) is 30.9 Å². The van der Waals surface area contributed by atoms with E-state index in [-0.39, 0.29) is 5.82 Å². The number of halogens is 1. The number of benzene rings is 1. The van der Waals surface area contributed by atoms with E-state index in [0.717, 1.165) is 11.1 Å². The molecule has 0 radical (unpaired) electrons. The molecule has 2 N–H and O–H groups in total. The zero-order valence-corrected chi connectivity index (χ0v) is 10.5. The van der Waals surface area contributed by atoms with Gasteiger partial charge in [-0.25, -0.2) is 4.39 Å². The first-order valence-corrected chi connectivity index (χ1v) is 6.17. The molecule has 0 aromatic heterocycles. The molecular weight excluding hydrogens is 217 g/mol. The van der Waals surface area contributed by atoms with Gasteiger partial charge >= 0.3 is 0 Å². The Kier molecular flexibility index (Phi) is 3.50. The van der Waals surface area contributed by atoms with E-state index in [1.807, 2.05) is 6.92 Å². The molecule has 1 fully saturated rings.